The quantitative estimate of drug-likeness (QED) is 0.716. The molecule has 1 aliphatic heterocycles. The van der Waals surface area contributed by atoms with Gasteiger partial charge in [-0.3, -0.25) is 4.79 Å². The van der Waals surface area contributed by atoms with E-state index in [1.807, 2.05) is 0 Å². The second kappa shape index (κ2) is 6.50. The lowest BCUT2D eigenvalue weighted by Crippen LogP contribution is -2.62. The van der Waals surface area contributed by atoms with Crippen molar-refractivity contribution in [1.29, 1.82) is 0 Å². The van der Waals surface area contributed by atoms with Gasteiger partial charge in [-0.1, -0.05) is 27.7 Å². The minimum Gasteiger partial charge on any atom is -0.378 e. The van der Waals surface area contributed by atoms with Crippen molar-refractivity contribution in [2.75, 3.05) is 13.7 Å². The van der Waals surface area contributed by atoms with E-state index in [1.165, 1.54) is 32.1 Å². The van der Waals surface area contributed by atoms with Crippen LogP contribution in [0.25, 0.3) is 0 Å². The molecule has 0 aromatic rings. The standard InChI is InChI=1S/C23H39NO2/c1-6-11-26-16-13-18-21-15(2)12-19-23(4,10-8-20(25)24(19)5)17(21)7-9-22(18,3)14-16/h15-19,21H,6-14H2,1-5H3/t15-,16-,17-,18-,19+,21+,22+,23+/m0/s1. The lowest BCUT2D eigenvalue weighted by Gasteiger charge is -2.63. The molecule has 3 nitrogen and oxygen atoms in total. The number of amides is 1. The van der Waals surface area contributed by atoms with Crippen LogP contribution in [-0.2, 0) is 9.53 Å². The van der Waals surface area contributed by atoms with Crippen LogP contribution in [0.1, 0.15) is 79.1 Å². The summed E-state index contributed by atoms with van der Waals surface area (Å²) in [6.07, 6.45) is 9.93. The summed E-state index contributed by atoms with van der Waals surface area (Å²) in [5.41, 5.74) is 0.803. The highest BCUT2D eigenvalue weighted by Crippen LogP contribution is 2.66. The van der Waals surface area contributed by atoms with Crippen molar-refractivity contribution in [3.05, 3.63) is 0 Å². The van der Waals surface area contributed by atoms with E-state index in [-0.39, 0.29) is 0 Å². The van der Waals surface area contributed by atoms with Gasteiger partial charge >= 0.3 is 0 Å². The zero-order chi connectivity index (χ0) is 18.7. The van der Waals surface area contributed by atoms with Gasteiger partial charge in [-0.05, 0) is 79.4 Å². The third kappa shape index (κ3) is 2.67. The molecule has 4 fully saturated rings. The van der Waals surface area contributed by atoms with Crippen LogP contribution < -0.4 is 0 Å². The van der Waals surface area contributed by atoms with Gasteiger partial charge < -0.3 is 9.64 Å². The molecule has 26 heavy (non-hydrogen) atoms. The number of fused-ring (bicyclic) bond motifs is 5. The van der Waals surface area contributed by atoms with E-state index < -0.39 is 0 Å². The molecule has 0 unspecified atom stereocenters. The lowest BCUT2D eigenvalue weighted by molar-refractivity contribution is -0.164. The summed E-state index contributed by atoms with van der Waals surface area (Å²) in [5, 5.41) is 0. The van der Waals surface area contributed by atoms with Crippen LogP contribution in [0.4, 0.5) is 0 Å². The van der Waals surface area contributed by atoms with Crippen molar-refractivity contribution in [2.24, 2.45) is 34.5 Å². The Morgan fingerprint density at radius 1 is 1.19 bits per heavy atom. The second-order valence-corrected chi connectivity index (χ2v) is 10.7. The van der Waals surface area contributed by atoms with Crippen molar-refractivity contribution in [1.82, 2.24) is 4.90 Å². The fourth-order valence-corrected chi connectivity index (χ4v) is 7.87. The Bertz CT molecular complexity index is 562. The van der Waals surface area contributed by atoms with Gasteiger partial charge in [0.15, 0.2) is 0 Å². The largest absolute Gasteiger partial charge is 0.378 e. The molecule has 4 rings (SSSR count). The molecule has 3 heteroatoms. The molecule has 0 aromatic carbocycles. The predicted octanol–water partition coefficient (Wildman–Crippen LogP) is 4.89. The van der Waals surface area contributed by atoms with Gasteiger partial charge in [0.25, 0.3) is 0 Å². The lowest BCUT2D eigenvalue weighted by atomic mass is 9.45. The van der Waals surface area contributed by atoms with E-state index in [0.717, 1.165) is 49.5 Å². The minimum absolute atomic E-state index is 0.323. The highest BCUT2D eigenvalue weighted by atomic mass is 16.5. The Morgan fingerprint density at radius 3 is 2.69 bits per heavy atom. The number of hydrogen-bond donors (Lipinski definition) is 0. The van der Waals surface area contributed by atoms with Gasteiger partial charge in [-0.15, -0.1) is 0 Å². The van der Waals surface area contributed by atoms with E-state index >= 15 is 0 Å². The average Bonchev–Trinajstić information content (AvgIpc) is 2.95. The van der Waals surface area contributed by atoms with Crippen molar-refractivity contribution >= 4 is 5.91 Å². The molecule has 0 aromatic heterocycles. The van der Waals surface area contributed by atoms with Gasteiger partial charge in [-0.2, -0.15) is 0 Å². The molecular formula is C23H39NO2. The maximum absolute atomic E-state index is 12.3. The summed E-state index contributed by atoms with van der Waals surface area (Å²) < 4.78 is 6.23. The highest BCUT2D eigenvalue weighted by molar-refractivity contribution is 5.77. The van der Waals surface area contributed by atoms with Crippen molar-refractivity contribution in [3.63, 3.8) is 0 Å². The molecular weight excluding hydrogens is 322 g/mol. The fraction of sp³-hybridized carbons (Fsp3) is 0.957. The smallest absolute Gasteiger partial charge is 0.222 e. The van der Waals surface area contributed by atoms with Gasteiger partial charge in [-0.25, -0.2) is 0 Å². The van der Waals surface area contributed by atoms with E-state index in [2.05, 4.69) is 39.6 Å². The van der Waals surface area contributed by atoms with Gasteiger partial charge in [0, 0.05) is 26.1 Å². The number of likely N-dealkylation sites (tertiary alicyclic amines) is 1. The molecule has 0 N–H and O–H groups in total. The molecule has 3 saturated carbocycles. The zero-order valence-corrected chi connectivity index (χ0v) is 17.6. The number of nitrogens with zero attached hydrogens (tertiary/aromatic N) is 1. The van der Waals surface area contributed by atoms with Crippen LogP contribution in [0.3, 0.4) is 0 Å². The molecule has 8 atom stereocenters. The first-order valence-electron chi connectivity index (χ1n) is 11.2. The van der Waals surface area contributed by atoms with E-state index in [9.17, 15) is 4.79 Å². The Balaban J connectivity index is 1.61. The number of carbonyl (C=O) groups excluding carboxylic acids is 1. The molecule has 148 valence electrons. The summed E-state index contributed by atoms with van der Waals surface area (Å²) in [6.45, 7) is 10.7. The summed E-state index contributed by atoms with van der Waals surface area (Å²) >= 11 is 0. The molecule has 0 radical (unpaired) electrons. The molecule has 1 amide bonds. The monoisotopic (exact) mass is 361 g/mol. The van der Waals surface area contributed by atoms with Crippen LogP contribution in [-0.4, -0.2) is 36.6 Å². The number of ether oxygens (including phenoxy) is 1. The van der Waals surface area contributed by atoms with Crippen LogP contribution in [0.15, 0.2) is 0 Å². The first-order chi connectivity index (χ1) is 12.3. The zero-order valence-electron chi connectivity index (χ0n) is 17.6. The highest BCUT2D eigenvalue weighted by Gasteiger charge is 2.62. The molecule has 1 saturated heterocycles. The SMILES string of the molecule is CCCO[C@H]1C[C@H]2[C@@H]3[C@@H](C)C[C@H]4N(C)C(=O)CC[C@]4(C)[C@H]3CC[C@]2(C)C1. The van der Waals surface area contributed by atoms with Gasteiger partial charge in [0.05, 0.1) is 6.10 Å². The molecule has 1 heterocycles. The van der Waals surface area contributed by atoms with Crippen molar-refractivity contribution in [3.8, 4) is 0 Å². The average molecular weight is 362 g/mol. The Labute approximate surface area is 160 Å². The van der Waals surface area contributed by atoms with Gasteiger partial charge in [0.1, 0.15) is 0 Å². The van der Waals surface area contributed by atoms with Crippen LogP contribution >= 0.6 is 0 Å². The molecule has 0 spiro atoms. The predicted molar refractivity (Wildman–Crippen MR) is 105 cm³/mol. The summed E-state index contributed by atoms with van der Waals surface area (Å²) in [6, 6.07) is 0.456. The topological polar surface area (TPSA) is 29.5 Å². The third-order valence-electron chi connectivity index (χ3n) is 9.22. The van der Waals surface area contributed by atoms with E-state index in [4.69, 9.17) is 4.74 Å². The molecule has 3 aliphatic carbocycles. The maximum Gasteiger partial charge on any atom is 0.222 e. The van der Waals surface area contributed by atoms with Crippen LogP contribution in [0.2, 0.25) is 0 Å². The van der Waals surface area contributed by atoms with Gasteiger partial charge in [0.2, 0.25) is 5.91 Å². The second-order valence-electron chi connectivity index (χ2n) is 10.7. The number of piperidine rings is 1. The maximum atomic E-state index is 12.3. The first-order valence-corrected chi connectivity index (χ1v) is 11.2. The Hall–Kier alpha value is -0.570. The summed E-state index contributed by atoms with van der Waals surface area (Å²) in [7, 11) is 2.06. The number of carbonyl (C=O) groups is 1. The van der Waals surface area contributed by atoms with Crippen LogP contribution in [0, 0.1) is 34.5 Å². The molecule has 0 bridgehead atoms. The van der Waals surface area contributed by atoms with Crippen molar-refractivity contribution < 1.29 is 9.53 Å². The first kappa shape index (κ1) is 18.8. The molecule has 4 aliphatic rings. The number of rotatable bonds is 3. The normalized spacial score (nSPS) is 51.0. The minimum atomic E-state index is 0.323. The fourth-order valence-electron chi connectivity index (χ4n) is 7.87. The number of hydrogen-bond acceptors (Lipinski definition) is 2. The Morgan fingerprint density at radius 2 is 1.96 bits per heavy atom. The van der Waals surface area contributed by atoms with E-state index in [0.29, 0.717) is 28.9 Å². The summed E-state index contributed by atoms with van der Waals surface area (Å²) in [4.78, 5) is 14.5. The third-order valence-corrected chi connectivity index (χ3v) is 9.22. The Kier molecular flexibility index (Phi) is 4.69. The van der Waals surface area contributed by atoms with E-state index in [1.54, 1.807) is 0 Å². The summed E-state index contributed by atoms with van der Waals surface area (Å²) in [5.74, 6) is 3.52. The van der Waals surface area contributed by atoms with Crippen LogP contribution in [0.5, 0.6) is 0 Å². The van der Waals surface area contributed by atoms with Crippen molar-refractivity contribution in [2.45, 2.75) is 91.2 Å².